The Bertz CT molecular complexity index is 1260. The first-order chi connectivity index (χ1) is 31.0. The van der Waals surface area contributed by atoms with Gasteiger partial charge in [-0.15, -0.1) is 0 Å². The monoisotopic (exact) mass is 876 g/mol. The third-order valence-electron chi connectivity index (χ3n) is 11.3. The third-order valence-corrected chi connectivity index (χ3v) is 11.3. The number of aliphatic hydroxyl groups excluding tert-OH is 2. The van der Waals surface area contributed by atoms with Crippen LogP contribution in [-0.4, -0.2) is 46.9 Å². The number of hydrogen-bond acceptors (Lipinski definition) is 5. The number of hydrogen-bond donors (Lipinski definition) is 3. The minimum Gasteiger partial charge on any atom is -0.462 e. The van der Waals surface area contributed by atoms with Crippen LogP contribution >= 0.6 is 0 Å². The number of unbranched alkanes of at least 4 members (excludes halogenated alkanes) is 21. The Hall–Kier alpha value is -3.22. The Kier molecular flexibility index (Phi) is 47.2. The van der Waals surface area contributed by atoms with Crippen LogP contribution in [0.25, 0.3) is 0 Å². The Morgan fingerprint density at radius 2 is 0.937 bits per heavy atom. The van der Waals surface area contributed by atoms with Gasteiger partial charge in [0, 0.05) is 6.42 Å². The molecule has 0 saturated heterocycles. The predicted octanol–water partition coefficient (Wildman–Crippen LogP) is 15.7. The lowest BCUT2D eigenvalue weighted by atomic mass is 10.0. The summed E-state index contributed by atoms with van der Waals surface area (Å²) in [4.78, 5) is 26.1. The van der Waals surface area contributed by atoms with Crippen molar-refractivity contribution in [3.8, 4) is 0 Å². The van der Waals surface area contributed by atoms with Gasteiger partial charge in [-0.25, -0.2) is 0 Å². The Labute approximate surface area is 388 Å². The summed E-state index contributed by atoms with van der Waals surface area (Å²) in [5.74, 6) is -0.590. The quantitative estimate of drug-likeness (QED) is 0.0245. The molecular weight excluding hydrogens is 779 g/mol. The van der Waals surface area contributed by atoms with Crippen LogP contribution in [0.1, 0.15) is 226 Å². The molecule has 0 aliphatic rings. The third kappa shape index (κ3) is 45.2. The molecule has 360 valence electrons. The van der Waals surface area contributed by atoms with Gasteiger partial charge >= 0.3 is 5.97 Å². The van der Waals surface area contributed by atoms with E-state index in [1.807, 2.05) is 54.7 Å². The number of nitrogens with one attached hydrogen (secondary N) is 1. The molecule has 6 nitrogen and oxygen atoms in total. The first-order valence-corrected chi connectivity index (χ1v) is 26.0. The molecule has 0 spiro atoms. The number of allylic oxidation sites excluding steroid dienone is 16. The molecule has 3 atom stereocenters. The van der Waals surface area contributed by atoms with Crippen LogP contribution < -0.4 is 5.32 Å². The summed E-state index contributed by atoms with van der Waals surface area (Å²) < 4.78 is 5.88. The van der Waals surface area contributed by atoms with Crippen LogP contribution in [0.3, 0.4) is 0 Å². The van der Waals surface area contributed by atoms with E-state index in [1.54, 1.807) is 0 Å². The van der Waals surface area contributed by atoms with Crippen LogP contribution in [0.4, 0.5) is 0 Å². The molecule has 0 bridgehead atoms. The summed E-state index contributed by atoms with van der Waals surface area (Å²) in [6.07, 6.45) is 66.2. The maximum Gasteiger partial charge on any atom is 0.306 e. The molecular formula is C57H97NO5. The SMILES string of the molecule is CC/C=C/C=C/C=C\C=C/C=C/CCCC(=O)OC(CCCCCC/C=C/C/C=C/C/C=C/CC)CC(=O)NC(CO)C(O)CCCCCCCCCCCCCCCCCCC. The van der Waals surface area contributed by atoms with E-state index in [2.05, 4.69) is 68.6 Å². The second-order valence-electron chi connectivity index (χ2n) is 17.3. The Balaban J connectivity index is 4.66. The maximum atomic E-state index is 13.2. The molecule has 6 heteroatoms. The molecule has 0 aromatic heterocycles. The second kappa shape index (κ2) is 49.8. The average molecular weight is 876 g/mol. The number of esters is 1. The smallest absolute Gasteiger partial charge is 0.306 e. The Morgan fingerprint density at radius 1 is 0.492 bits per heavy atom. The highest BCUT2D eigenvalue weighted by Crippen LogP contribution is 2.17. The minimum absolute atomic E-state index is 0.0286. The topological polar surface area (TPSA) is 95.9 Å². The number of aliphatic hydroxyl groups is 2. The number of carbonyl (C=O) groups excluding carboxylic acids is 2. The summed E-state index contributed by atoms with van der Waals surface area (Å²) in [7, 11) is 0. The van der Waals surface area contributed by atoms with E-state index in [1.165, 1.54) is 89.9 Å². The zero-order valence-electron chi connectivity index (χ0n) is 40.9. The minimum atomic E-state index is -0.812. The molecule has 0 fully saturated rings. The van der Waals surface area contributed by atoms with Crippen molar-refractivity contribution in [3.05, 3.63) is 97.2 Å². The summed E-state index contributed by atoms with van der Waals surface area (Å²) in [5, 5.41) is 23.8. The summed E-state index contributed by atoms with van der Waals surface area (Å²) in [6, 6.07) is -0.730. The molecule has 3 unspecified atom stereocenters. The fourth-order valence-corrected chi connectivity index (χ4v) is 7.42. The molecule has 3 N–H and O–H groups in total. The lowest BCUT2D eigenvalue weighted by Gasteiger charge is -2.24. The largest absolute Gasteiger partial charge is 0.462 e. The van der Waals surface area contributed by atoms with Crippen LogP contribution in [0.2, 0.25) is 0 Å². The number of carbonyl (C=O) groups is 2. The molecule has 0 aliphatic carbocycles. The zero-order valence-corrected chi connectivity index (χ0v) is 40.9. The van der Waals surface area contributed by atoms with Crippen LogP contribution in [0, 0.1) is 0 Å². The van der Waals surface area contributed by atoms with Crippen molar-refractivity contribution in [1.29, 1.82) is 0 Å². The van der Waals surface area contributed by atoms with Gasteiger partial charge in [0.05, 0.1) is 25.2 Å². The van der Waals surface area contributed by atoms with Crippen molar-refractivity contribution in [1.82, 2.24) is 5.32 Å². The highest BCUT2D eigenvalue weighted by atomic mass is 16.5. The van der Waals surface area contributed by atoms with Gasteiger partial charge in [-0.2, -0.15) is 0 Å². The molecule has 0 heterocycles. The second-order valence-corrected chi connectivity index (χ2v) is 17.3. The molecule has 1 amide bonds. The van der Waals surface area contributed by atoms with Gasteiger partial charge in [0.2, 0.25) is 5.91 Å². The first-order valence-electron chi connectivity index (χ1n) is 26.0. The van der Waals surface area contributed by atoms with E-state index in [4.69, 9.17) is 4.74 Å². The highest BCUT2D eigenvalue weighted by Gasteiger charge is 2.24. The first kappa shape index (κ1) is 59.8. The fourth-order valence-electron chi connectivity index (χ4n) is 7.42. The van der Waals surface area contributed by atoms with Gasteiger partial charge < -0.3 is 20.3 Å². The summed E-state index contributed by atoms with van der Waals surface area (Å²) in [6.45, 7) is 6.20. The van der Waals surface area contributed by atoms with Gasteiger partial charge in [0.1, 0.15) is 6.10 Å². The molecule has 0 saturated carbocycles. The molecule has 0 radical (unpaired) electrons. The van der Waals surface area contributed by atoms with Crippen molar-refractivity contribution < 1.29 is 24.5 Å². The van der Waals surface area contributed by atoms with Gasteiger partial charge in [-0.1, -0.05) is 240 Å². The van der Waals surface area contributed by atoms with Gasteiger partial charge in [0.25, 0.3) is 0 Å². The summed E-state index contributed by atoms with van der Waals surface area (Å²) in [5.41, 5.74) is 0. The predicted molar refractivity (Wildman–Crippen MR) is 273 cm³/mol. The normalized spacial score (nSPS) is 14.0. The maximum absolute atomic E-state index is 13.2. The molecule has 0 aliphatic heterocycles. The Morgan fingerprint density at radius 3 is 1.48 bits per heavy atom. The van der Waals surface area contributed by atoms with Crippen LogP contribution in [0.15, 0.2) is 97.2 Å². The van der Waals surface area contributed by atoms with Gasteiger partial charge in [-0.05, 0) is 70.6 Å². The number of rotatable bonds is 45. The fraction of sp³-hybridized carbons (Fsp3) is 0.684. The van der Waals surface area contributed by atoms with Crippen molar-refractivity contribution in [2.75, 3.05) is 6.61 Å². The lowest BCUT2D eigenvalue weighted by Crippen LogP contribution is -2.46. The lowest BCUT2D eigenvalue weighted by molar-refractivity contribution is -0.151. The van der Waals surface area contributed by atoms with E-state index in [9.17, 15) is 19.8 Å². The number of ether oxygens (including phenoxy) is 1. The number of amides is 1. The average Bonchev–Trinajstić information content (AvgIpc) is 3.28. The van der Waals surface area contributed by atoms with Crippen molar-refractivity contribution >= 4 is 11.9 Å². The molecule has 0 rings (SSSR count). The van der Waals surface area contributed by atoms with E-state index in [-0.39, 0.29) is 31.3 Å². The van der Waals surface area contributed by atoms with Crippen molar-refractivity contribution in [2.45, 2.75) is 244 Å². The van der Waals surface area contributed by atoms with Crippen molar-refractivity contribution in [2.24, 2.45) is 0 Å². The van der Waals surface area contributed by atoms with Crippen LogP contribution in [0.5, 0.6) is 0 Å². The van der Waals surface area contributed by atoms with Gasteiger partial charge in [0.15, 0.2) is 0 Å². The van der Waals surface area contributed by atoms with E-state index in [0.29, 0.717) is 19.3 Å². The highest BCUT2D eigenvalue weighted by molar-refractivity contribution is 5.77. The summed E-state index contributed by atoms with van der Waals surface area (Å²) >= 11 is 0. The van der Waals surface area contributed by atoms with E-state index < -0.39 is 18.2 Å². The molecule has 0 aromatic rings. The zero-order chi connectivity index (χ0) is 45.9. The molecule has 0 aromatic carbocycles. The standard InChI is InChI=1S/C57H97NO5/c1-4-7-10-13-16-19-22-25-27-28-29-32-34-37-40-43-46-49-55(60)54(52-59)58-56(61)51-53(48-45-42-39-36-33-31-26-23-20-17-14-11-8-5-2)63-57(62)50-47-44-41-38-35-30-24-21-18-15-12-9-6-3/h8-9,11-12,15,17-18,20-21,24,26,30-31,35,38,41,53-55,59-60H,4-7,10,13-14,16,19,22-23,25,27-29,32-34,36-37,39-40,42-52H2,1-3H3,(H,58,61)/b11-8+,12-9+,18-15+,20-17+,24-21-,31-26+,35-30-,41-38+. The van der Waals surface area contributed by atoms with Crippen molar-refractivity contribution in [3.63, 3.8) is 0 Å². The van der Waals surface area contributed by atoms with E-state index in [0.717, 1.165) is 83.5 Å². The van der Waals surface area contributed by atoms with Gasteiger partial charge in [-0.3, -0.25) is 9.59 Å². The van der Waals surface area contributed by atoms with Crippen LogP contribution in [-0.2, 0) is 14.3 Å². The van der Waals surface area contributed by atoms with E-state index >= 15 is 0 Å². The molecule has 63 heavy (non-hydrogen) atoms.